The molecule has 0 saturated heterocycles. The summed E-state index contributed by atoms with van der Waals surface area (Å²) in [6.07, 6.45) is 2.35. The maximum absolute atomic E-state index is 11.2. The minimum atomic E-state index is -0.404. The van der Waals surface area contributed by atoms with Crippen molar-refractivity contribution in [1.29, 1.82) is 0 Å². The van der Waals surface area contributed by atoms with Gasteiger partial charge >= 0.3 is 0 Å². The minimum Gasteiger partial charge on any atom is -0.333 e. The summed E-state index contributed by atoms with van der Waals surface area (Å²) in [6.45, 7) is 3.36. The van der Waals surface area contributed by atoms with Gasteiger partial charge in [-0.1, -0.05) is 13.8 Å². The first-order chi connectivity index (χ1) is 7.02. The molecule has 0 fully saturated rings. The van der Waals surface area contributed by atoms with E-state index in [0.717, 1.165) is 4.90 Å². The van der Waals surface area contributed by atoms with Gasteiger partial charge in [-0.3, -0.25) is 19.3 Å². The van der Waals surface area contributed by atoms with E-state index in [1.807, 2.05) is 0 Å². The Morgan fingerprint density at radius 3 is 2.00 bits per heavy atom. The highest BCUT2D eigenvalue weighted by Gasteiger charge is 2.26. The molecule has 0 spiro atoms. The van der Waals surface area contributed by atoms with E-state index >= 15 is 0 Å². The maximum atomic E-state index is 11.2. The van der Waals surface area contributed by atoms with Crippen molar-refractivity contribution >= 4 is 17.6 Å². The molecular formula is C10H16N2O3. The summed E-state index contributed by atoms with van der Waals surface area (Å²) in [7, 11) is 1.50. The molecule has 2 amide bonds. The second kappa shape index (κ2) is 6.08. The van der Waals surface area contributed by atoms with Crippen LogP contribution in [0.5, 0.6) is 0 Å². The second-order valence-corrected chi connectivity index (χ2v) is 3.22. The number of amides is 2. The topological polar surface area (TPSA) is 80.5 Å². The highest BCUT2D eigenvalue weighted by atomic mass is 16.2. The first-order valence-electron chi connectivity index (χ1n) is 4.66. The molecule has 15 heavy (non-hydrogen) atoms. The Hall–Kier alpha value is -1.49. The zero-order valence-electron chi connectivity index (χ0n) is 9.19. The number of nitrogens with zero attached hydrogens (tertiary/aromatic N) is 1. The lowest BCUT2D eigenvalue weighted by atomic mass is 10.1. The third kappa shape index (κ3) is 3.63. The van der Waals surface area contributed by atoms with Gasteiger partial charge in [-0.25, -0.2) is 0 Å². The zero-order valence-corrected chi connectivity index (χ0v) is 9.19. The second-order valence-electron chi connectivity index (χ2n) is 3.22. The molecule has 2 N–H and O–H groups in total. The number of carbonyl (C=O) groups is 3. The van der Waals surface area contributed by atoms with Crippen LogP contribution in [0.25, 0.3) is 0 Å². The van der Waals surface area contributed by atoms with Crippen LogP contribution in [-0.4, -0.2) is 36.1 Å². The number of Topliss-reactive ketones (excluding diaryl/α,β-unsaturated/α-hetero) is 1. The lowest BCUT2D eigenvalue weighted by Crippen LogP contribution is -2.36. The van der Waals surface area contributed by atoms with Crippen LogP contribution in [0.2, 0.25) is 0 Å². The van der Waals surface area contributed by atoms with E-state index < -0.39 is 11.8 Å². The van der Waals surface area contributed by atoms with Gasteiger partial charge < -0.3 is 5.73 Å². The molecule has 1 rings (SSSR count). The Morgan fingerprint density at radius 1 is 1.27 bits per heavy atom. The summed E-state index contributed by atoms with van der Waals surface area (Å²) in [5, 5.41) is 0. The number of rotatable bonds is 3. The van der Waals surface area contributed by atoms with Crippen LogP contribution in [0.3, 0.4) is 0 Å². The van der Waals surface area contributed by atoms with E-state index in [4.69, 9.17) is 0 Å². The Bertz CT molecular complexity index is 277. The summed E-state index contributed by atoms with van der Waals surface area (Å²) in [4.78, 5) is 34.2. The normalized spacial score (nSPS) is 14.3. The molecular weight excluding hydrogens is 196 g/mol. The highest BCUT2D eigenvalue weighted by molar-refractivity contribution is 6.14. The quantitative estimate of drug-likeness (QED) is 0.652. The molecule has 0 aliphatic carbocycles. The number of imide groups is 1. The van der Waals surface area contributed by atoms with Crippen molar-refractivity contribution in [2.24, 2.45) is 11.7 Å². The molecule has 0 aromatic heterocycles. The van der Waals surface area contributed by atoms with E-state index in [2.05, 4.69) is 5.73 Å². The van der Waals surface area contributed by atoms with E-state index in [-0.39, 0.29) is 18.2 Å². The van der Waals surface area contributed by atoms with Crippen molar-refractivity contribution in [2.45, 2.75) is 13.8 Å². The lowest BCUT2D eigenvalue weighted by molar-refractivity contribution is -0.141. The van der Waals surface area contributed by atoms with Crippen LogP contribution in [0.4, 0.5) is 0 Å². The van der Waals surface area contributed by atoms with Crippen molar-refractivity contribution in [1.82, 2.24) is 4.90 Å². The predicted molar refractivity (Wildman–Crippen MR) is 55.8 cm³/mol. The fourth-order valence-corrected chi connectivity index (χ4v) is 0.925. The van der Waals surface area contributed by atoms with Crippen molar-refractivity contribution in [2.75, 3.05) is 13.6 Å². The predicted octanol–water partition coefficient (Wildman–Crippen LogP) is -0.289. The summed E-state index contributed by atoms with van der Waals surface area (Å²) in [5.74, 6) is -1.07. The standard InChI is InChI=1S/C9H11NO3.CH5N/c1-6(2)7(11)5-10-8(12)3-4-9(10)13;1-2/h3-4,6H,5H2,1-2H3;2H2,1H3. The smallest absolute Gasteiger partial charge is 0.254 e. The number of hydrogen-bond donors (Lipinski definition) is 1. The van der Waals surface area contributed by atoms with Gasteiger partial charge in [0, 0.05) is 18.1 Å². The van der Waals surface area contributed by atoms with E-state index in [1.165, 1.54) is 19.2 Å². The van der Waals surface area contributed by atoms with Crippen LogP contribution in [-0.2, 0) is 14.4 Å². The van der Waals surface area contributed by atoms with E-state index in [9.17, 15) is 14.4 Å². The molecule has 5 heteroatoms. The number of ketones is 1. The molecule has 0 aromatic carbocycles. The average molecular weight is 212 g/mol. The van der Waals surface area contributed by atoms with E-state index in [1.54, 1.807) is 13.8 Å². The molecule has 0 radical (unpaired) electrons. The third-order valence-electron chi connectivity index (χ3n) is 1.86. The van der Waals surface area contributed by atoms with Crippen LogP contribution in [0.15, 0.2) is 12.2 Å². The van der Waals surface area contributed by atoms with Crippen LogP contribution < -0.4 is 5.73 Å². The van der Waals surface area contributed by atoms with Gasteiger partial charge in [0.05, 0.1) is 6.54 Å². The highest BCUT2D eigenvalue weighted by Crippen LogP contribution is 2.05. The lowest BCUT2D eigenvalue weighted by Gasteiger charge is -2.13. The molecule has 0 saturated carbocycles. The largest absolute Gasteiger partial charge is 0.333 e. The summed E-state index contributed by atoms with van der Waals surface area (Å²) >= 11 is 0. The first-order valence-corrected chi connectivity index (χ1v) is 4.66. The molecule has 1 aliphatic rings. The Labute approximate surface area is 88.9 Å². The molecule has 0 bridgehead atoms. The molecule has 5 nitrogen and oxygen atoms in total. The number of hydrogen-bond acceptors (Lipinski definition) is 4. The van der Waals surface area contributed by atoms with Gasteiger partial charge in [-0.2, -0.15) is 0 Å². The van der Waals surface area contributed by atoms with Gasteiger partial charge in [0.25, 0.3) is 11.8 Å². The van der Waals surface area contributed by atoms with Crippen LogP contribution in [0, 0.1) is 5.92 Å². The first kappa shape index (κ1) is 13.5. The molecule has 1 aliphatic heterocycles. The summed E-state index contributed by atoms with van der Waals surface area (Å²) < 4.78 is 0. The monoisotopic (exact) mass is 212 g/mol. The van der Waals surface area contributed by atoms with Gasteiger partial charge in [0.15, 0.2) is 5.78 Å². The Balaban J connectivity index is 0.000000921. The zero-order chi connectivity index (χ0) is 12.0. The van der Waals surface area contributed by atoms with Gasteiger partial charge in [0.2, 0.25) is 0 Å². The Kier molecular flexibility index (Phi) is 5.48. The molecule has 0 unspecified atom stereocenters. The van der Waals surface area contributed by atoms with Crippen LogP contribution >= 0.6 is 0 Å². The number of carbonyl (C=O) groups excluding carboxylic acids is 3. The summed E-state index contributed by atoms with van der Waals surface area (Å²) in [5.41, 5.74) is 4.50. The molecule has 0 aromatic rings. The molecule has 1 heterocycles. The maximum Gasteiger partial charge on any atom is 0.254 e. The minimum absolute atomic E-state index is 0.106. The fourth-order valence-electron chi connectivity index (χ4n) is 0.925. The van der Waals surface area contributed by atoms with Gasteiger partial charge in [0.1, 0.15) is 0 Å². The van der Waals surface area contributed by atoms with Crippen LogP contribution in [0.1, 0.15) is 13.8 Å². The fraction of sp³-hybridized carbons (Fsp3) is 0.500. The summed E-state index contributed by atoms with van der Waals surface area (Å²) in [6, 6.07) is 0. The third-order valence-corrected chi connectivity index (χ3v) is 1.86. The van der Waals surface area contributed by atoms with Gasteiger partial charge in [-0.15, -0.1) is 0 Å². The Morgan fingerprint density at radius 2 is 1.67 bits per heavy atom. The average Bonchev–Trinajstić information content (AvgIpc) is 2.52. The van der Waals surface area contributed by atoms with Crippen molar-refractivity contribution in [3.8, 4) is 0 Å². The van der Waals surface area contributed by atoms with Gasteiger partial charge in [-0.05, 0) is 7.05 Å². The van der Waals surface area contributed by atoms with Crippen molar-refractivity contribution in [3.05, 3.63) is 12.2 Å². The van der Waals surface area contributed by atoms with Crippen molar-refractivity contribution < 1.29 is 14.4 Å². The number of nitrogens with two attached hydrogens (primary N) is 1. The molecule has 0 atom stereocenters. The molecule has 84 valence electrons. The van der Waals surface area contributed by atoms with Crippen molar-refractivity contribution in [3.63, 3.8) is 0 Å². The SMILES string of the molecule is CC(C)C(=O)CN1C(=O)C=CC1=O.CN. The van der Waals surface area contributed by atoms with E-state index in [0.29, 0.717) is 0 Å².